The van der Waals surface area contributed by atoms with Gasteiger partial charge in [0.1, 0.15) is 0 Å². The normalized spacial score (nSPS) is 17.6. The molecule has 2 amide bonds. The zero-order valence-electron chi connectivity index (χ0n) is 28.6. The van der Waals surface area contributed by atoms with E-state index in [1.165, 1.54) is 0 Å². The van der Waals surface area contributed by atoms with E-state index in [1.807, 2.05) is 72.8 Å². The van der Waals surface area contributed by atoms with E-state index >= 15 is 0 Å². The molecule has 0 aromatic heterocycles. The van der Waals surface area contributed by atoms with Gasteiger partial charge in [-0.2, -0.15) is 0 Å². The SMILES string of the molecule is COc1ccc(COC(=O)C2=C(CP(I)(c3ccccc3)(c3ccccc3)c3ccccc3)CSC3C(NC(=O)Cc4ccccc4)C(=O)N23)cc1. The van der Waals surface area contributed by atoms with Crippen molar-refractivity contribution in [1.29, 1.82) is 0 Å². The number of halogens is 1. The molecule has 264 valence electrons. The van der Waals surface area contributed by atoms with Crippen LogP contribution in [0, 0.1) is 0 Å². The fraction of sp³-hybridized carbons (Fsp3) is 0.167. The van der Waals surface area contributed by atoms with Crippen LogP contribution in [0.15, 0.2) is 157 Å². The molecule has 0 bridgehead atoms. The molecule has 2 heterocycles. The number of benzene rings is 5. The standard InChI is InChI=1S/C42H38IN2O5PS/c1-49-33-24-22-31(23-25-33)27-50-42(48)39-32(29-52-41-38(40(47)45(39)41)44-37(46)26-30-14-6-2-7-15-30)28-51(43,34-16-8-3-9-17-34,35-18-10-4-11-19-35)36-20-12-5-13-21-36/h2-25,38,41H,26-29H2,1H3,(H,44,46). The first kappa shape index (κ1) is 35.9. The quantitative estimate of drug-likeness (QED) is 0.0668. The van der Waals surface area contributed by atoms with Crippen molar-refractivity contribution in [2.75, 3.05) is 19.0 Å². The Labute approximate surface area is 321 Å². The Morgan fingerprint density at radius 3 is 1.81 bits per heavy atom. The van der Waals surface area contributed by atoms with E-state index in [2.05, 4.69) is 100 Å². The molecule has 2 unspecified atom stereocenters. The number of ether oxygens (including phenoxy) is 2. The topological polar surface area (TPSA) is 84.9 Å². The number of amides is 2. The Balaban J connectivity index is 1.30. The molecule has 0 aliphatic carbocycles. The molecular formula is C42H38IN2O5PS. The van der Waals surface area contributed by atoms with E-state index in [-0.39, 0.29) is 30.5 Å². The average Bonchev–Trinajstić information content (AvgIpc) is 3.20. The van der Waals surface area contributed by atoms with E-state index < -0.39 is 21.6 Å². The summed E-state index contributed by atoms with van der Waals surface area (Å²) in [4.78, 5) is 43.2. The predicted molar refractivity (Wildman–Crippen MR) is 219 cm³/mol. The number of hydrogen-bond donors (Lipinski definition) is 1. The summed E-state index contributed by atoms with van der Waals surface area (Å²) >= 11 is 4.28. The zero-order chi connectivity index (χ0) is 36.2. The van der Waals surface area contributed by atoms with Gasteiger partial charge in [0.2, 0.25) is 0 Å². The molecule has 0 spiro atoms. The van der Waals surface area contributed by atoms with E-state index in [9.17, 15) is 14.4 Å². The van der Waals surface area contributed by atoms with Crippen LogP contribution in [0.1, 0.15) is 11.1 Å². The third-order valence-corrected chi connectivity index (χ3v) is 22.1. The number of fused-ring (bicyclic) bond motifs is 1. The van der Waals surface area contributed by atoms with Crippen molar-refractivity contribution in [2.45, 2.75) is 24.4 Å². The van der Waals surface area contributed by atoms with Gasteiger partial charge in [-0.15, -0.1) is 0 Å². The fourth-order valence-electron chi connectivity index (χ4n) is 7.03. The molecule has 10 heteroatoms. The van der Waals surface area contributed by atoms with Crippen molar-refractivity contribution in [1.82, 2.24) is 10.2 Å². The number of methoxy groups -OCH3 is 1. The van der Waals surface area contributed by atoms with E-state index in [1.54, 1.807) is 23.8 Å². The molecule has 5 aromatic rings. The van der Waals surface area contributed by atoms with Gasteiger partial charge in [-0.05, 0) is 0 Å². The van der Waals surface area contributed by atoms with Gasteiger partial charge < -0.3 is 0 Å². The van der Waals surface area contributed by atoms with Gasteiger partial charge in [0.15, 0.2) is 0 Å². The molecule has 7 rings (SSSR count). The number of carbonyl (C=O) groups excluding carboxylic acids is 3. The van der Waals surface area contributed by atoms with Crippen molar-refractivity contribution < 1.29 is 23.9 Å². The van der Waals surface area contributed by atoms with Crippen molar-refractivity contribution >= 4 is 71.7 Å². The molecule has 1 N–H and O–H groups in total. The first-order chi connectivity index (χ1) is 25.3. The van der Waals surface area contributed by atoms with Crippen LogP contribution in [0.4, 0.5) is 0 Å². The number of nitrogens with one attached hydrogen (secondary N) is 1. The number of carbonyl (C=O) groups is 3. The van der Waals surface area contributed by atoms with Crippen LogP contribution < -0.4 is 26.0 Å². The van der Waals surface area contributed by atoms with E-state index in [0.29, 0.717) is 17.7 Å². The molecule has 2 aliphatic heterocycles. The van der Waals surface area contributed by atoms with Crippen LogP contribution in [-0.2, 0) is 32.1 Å². The van der Waals surface area contributed by atoms with Gasteiger partial charge in [0, 0.05) is 0 Å². The minimum absolute atomic E-state index is 0.0284. The fourth-order valence-corrected chi connectivity index (χ4v) is 17.5. The van der Waals surface area contributed by atoms with Crippen LogP contribution in [0.25, 0.3) is 0 Å². The van der Waals surface area contributed by atoms with Gasteiger partial charge in [0.05, 0.1) is 0 Å². The Morgan fingerprint density at radius 1 is 0.769 bits per heavy atom. The van der Waals surface area contributed by atoms with Gasteiger partial charge >= 0.3 is 317 Å². The first-order valence-corrected chi connectivity index (χ1v) is 23.3. The summed E-state index contributed by atoms with van der Waals surface area (Å²) in [6.07, 6.45) is 0.667. The minimum atomic E-state index is -3.39. The second-order valence-corrected chi connectivity index (χ2v) is 24.6. The molecule has 52 heavy (non-hydrogen) atoms. The van der Waals surface area contributed by atoms with Crippen molar-refractivity contribution in [3.63, 3.8) is 0 Å². The molecule has 0 radical (unpaired) electrons. The van der Waals surface area contributed by atoms with Crippen LogP contribution in [0.2, 0.25) is 0 Å². The summed E-state index contributed by atoms with van der Waals surface area (Å²) in [6, 6.07) is 47.5. The van der Waals surface area contributed by atoms with Crippen molar-refractivity contribution in [2.24, 2.45) is 0 Å². The summed E-state index contributed by atoms with van der Waals surface area (Å²) < 4.78 is 7.92. The van der Waals surface area contributed by atoms with Gasteiger partial charge in [0.25, 0.3) is 0 Å². The van der Waals surface area contributed by atoms with E-state index in [4.69, 9.17) is 9.47 Å². The number of esters is 1. The van der Waals surface area contributed by atoms with E-state index in [0.717, 1.165) is 32.6 Å². The Bertz CT molecular complexity index is 2000. The molecular weight excluding hydrogens is 802 g/mol. The van der Waals surface area contributed by atoms with Crippen molar-refractivity contribution in [3.05, 3.63) is 168 Å². The molecule has 2 aliphatic rings. The maximum atomic E-state index is 14.4. The molecule has 2 atom stereocenters. The summed E-state index contributed by atoms with van der Waals surface area (Å²) in [7, 11) is 1.60. The molecule has 1 fully saturated rings. The van der Waals surface area contributed by atoms with Gasteiger partial charge in [-0.1, -0.05) is 6.07 Å². The summed E-state index contributed by atoms with van der Waals surface area (Å²) in [5, 5.41) is 6.01. The zero-order valence-corrected chi connectivity index (χ0v) is 32.4. The molecule has 0 saturated carbocycles. The maximum absolute atomic E-state index is 14.4. The van der Waals surface area contributed by atoms with Crippen LogP contribution in [-0.4, -0.2) is 53.1 Å². The van der Waals surface area contributed by atoms with Crippen LogP contribution >= 0.6 is 38.0 Å². The summed E-state index contributed by atoms with van der Waals surface area (Å²) in [5.74, 6) is 0.0712. The average molecular weight is 841 g/mol. The number of β-lactam (4-membered cyclic amide) rings is 1. The second kappa shape index (κ2) is 15.3. The monoisotopic (exact) mass is 840 g/mol. The second-order valence-electron chi connectivity index (χ2n) is 12.8. The number of nitrogens with zero attached hydrogens (tertiary/aromatic N) is 1. The third-order valence-electron chi connectivity index (χ3n) is 9.67. The summed E-state index contributed by atoms with van der Waals surface area (Å²) in [5.41, 5.74) is 2.77. The Kier molecular flexibility index (Phi) is 10.6. The first-order valence-electron chi connectivity index (χ1n) is 17.0. The Hall–Kier alpha value is -4.44. The number of thioether (sulfide) groups is 1. The molecule has 1 saturated heterocycles. The van der Waals surface area contributed by atoms with Gasteiger partial charge in [-0.3, -0.25) is 0 Å². The van der Waals surface area contributed by atoms with Crippen molar-refractivity contribution in [3.8, 4) is 5.75 Å². The Morgan fingerprint density at radius 2 is 1.29 bits per heavy atom. The molecule has 7 nitrogen and oxygen atoms in total. The summed E-state index contributed by atoms with van der Waals surface area (Å²) in [6.45, 7) is 0.0284. The number of hydrogen-bond acceptors (Lipinski definition) is 6. The van der Waals surface area contributed by atoms with Crippen LogP contribution in [0.5, 0.6) is 5.75 Å². The van der Waals surface area contributed by atoms with Gasteiger partial charge in [-0.25, -0.2) is 0 Å². The van der Waals surface area contributed by atoms with Crippen LogP contribution in [0.3, 0.4) is 0 Å². The number of rotatable bonds is 12. The third kappa shape index (κ3) is 6.77. The molecule has 5 aromatic carbocycles. The predicted octanol–water partition coefficient (Wildman–Crippen LogP) is 6.51.